The van der Waals surface area contributed by atoms with Crippen LogP contribution in [0.25, 0.3) is 0 Å². The second-order valence-corrected chi connectivity index (χ2v) is 5.16. The predicted octanol–water partition coefficient (Wildman–Crippen LogP) is 1.08. The first-order valence-corrected chi connectivity index (χ1v) is 6.77. The number of carbonyl (C=O) groups is 1. The number of amides is 1. The van der Waals surface area contributed by atoms with Crippen LogP contribution >= 0.6 is 0 Å². The van der Waals surface area contributed by atoms with Gasteiger partial charge in [-0.25, -0.2) is 0 Å². The Balaban J connectivity index is 2.15. The molecule has 2 atom stereocenters. The van der Waals surface area contributed by atoms with Crippen molar-refractivity contribution in [3.05, 3.63) is 24.2 Å². The summed E-state index contributed by atoms with van der Waals surface area (Å²) in [6.07, 6.45) is 3.05. The first-order valence-electron chi connectivity index (χ1n) is 6.77. The molecule has 19 heavy (non-hydrogen) atoms. The number of furan rings is 1. The Morgan fingerprint density at radius 1 is 1.53 bits per heavy atom. The molecule has 1 aliphatic rings. The number of likely N-dealkylation sites (N-methyl/N-ethyl adjacent to an activating group) is 1. The number of nitrogens with zero attached hydrogens (tertiary/aromatic N) is 2. The molecular formula is C14H22N2O3. The standard InChI is InChI=1S/C14H22N2O3/c1-11-5-7-16(10-12-4-3-9-19-12)13(6-8-17)14(18)15(11)2/h3-4,9,11,13,17H,5-8,10H2,1-2H3. The molecule has 1 saturated heterocycles. The SMILES string of the molecule is CC1CCN(Cc2ccco2)C(CCO)C(=O)N1C. The Morgan fingerprint density at radius 3 is 2.95 bits per heavy atom. The van der Waals surface area contributed by atoms with E-state index in [0.717, 1.165) is 18.7 Å². The molecule has 0 spiro atoms. The predicted molar refractivity (Wildman–Crippen MR) is 71.5 cm³/mol. The van der Waals surface area contributed by atoms with Gasteiger partial charge in [-0.05, 0) is 31.9 Å². The smallest absolute Gasteiger partial charge is 0.240 e. The number of hydrogen-bond acceptors (Lipinski definition) is 4. The first kappa shape index (κ1) is 14.1. The van der Waals surface area contributed by atoms with Crippen LogP contribution in [0.5, 0.6) is 0 Å². The van der Waals surface area contributed by atoms with Crippen molar-refractivity contribution in [3.63, 3.8) is 0 Å². The van der Waals surface area contributed by atoms with Crippen LogP contribution in [0.4, 0.5) is 0 Å². The highest BCUT2D eigenvalue weighted by molar-refractivity contribution is 5.82. The Hall–Kier alpha value is -1.33. The van der Waals surface area contributed by atoms with Gasteiger partial charge in [0.25, 0.3) is 0 Å². The third-order valence-electron chi connectivity index (χ3n) is 3.91. The third-order valence-corrected chi connectivity index (χ3v) is 3.91. The molecule has 2 rings (SSSR count). The molecule has 0 aromatic carbocycles. The maximum absolute atomic E-state index is 12.4. The summed E-state index contributed by atoms with van der Waals surface area (Å²) in [6.45, 7) is 3.53. The molecule has 0 bridgehead atoms. The number of aliphatic hydroxyl groups is 1. The number of carbonyl (C=O) groups excluding carboxylic acids is 1. The lowest BCUT2D eigenvalue weighted by Gasteiger charge is -2.29. The van der Waals surface area contributed by atoms with Gasteiger partial charge in [-0.2, -0.15) is 0 Å². The van der Waals surface area contributed by atoms with Crippen molar-refractivity contribution in [3.8, 4) is 0 Å². The van der Waals surface area contributed by atoms with E-state index in [-0.39, 0.29) is 24.6 Å². The lowest BCUT2D eigenvalue weighted by atomic mass is 10.1. The van der Waals surface area contributed by atoms with Gasteiger partial charge in [0.15, 0.2) is 0 Å². The van der Waals surface area contributed by atoms with Gasteiger partial charge in [-0.3, -0.25) is 9.69 Å². The molecular weight excluding hydrogens is 244 g/mol. The average Bonchev–Trinajstić information content (AvgIpc) is 2.88. The minimum Gasteiger partial charge on any atom is -0.468 e. The van der Waals surface area contributed by atoms with Crippen molar-refractivity contribution >= 4 is 5.91 Å². The molecule has 2 unspecified atom stereocenters. The molecule has 1 aromatic heterocycles. The summed E-state index contributed by atoms with van der Waals surface area (Å²) in [7, 11) is 1.84. The summed E-state index contributed by atoms with van der Waals surface area (Å²) in [6, 6.07) is 3.74. The third kappa shape index (κ3) is 3.16. The van der Waals surface area contributed by atoms with Crippen LogP contribution in [-0.4, -0.2) is 53.1 Å². The topological polar surface area (TPSA) is 56.9 Å². The molecule has 106 valence electrons. The van der Waals surface area contributed by atoms with E-state index >= 15 is 0 Å². The molecule has 2 heterocycles. The quantitative estimate of drug-likeness (QED) is 0.886. The van der Waals surface area contributed by atoms with Crippen molar-refractivity contribution < 1.29 is 14.3 Å². The van der Waals surface area contributed by atoms with Crippen LogP contribution in [0, 0.1) is 0 Å². The lowest BCUT2D eigenvalue weighted by Crippen LogP contribution is -2.46. The van der Waals surface area contributed by atoms with Crippen LogP contribution in [0.1, 0.15) is 25.5 Å². The fourth-order valence-electron chi connectivity index (χ4n) is 2.53. The van der Waals surface area contributed by atoms with E-state index in [4.69, 9.17) is 4.42 Å². The Morgan fingerprint density at radius 2 is 2.32 bits per heavy atom. The Kier molecular flexibility index (Phi) is 4.61. The zero-order chi connectivity index (χ0) is 13.8. The minimum absolute atomic E-state index is 0.0211. The van der Waals surface area contributed by atoms with Gasteiger partial charge < -0.3 is 14.4 Å². The molecule has 1 aliphatic heterocycles. The van der Waals surface area contributed by atoms with Crippen molar-refractivity contribution in [2.45, 2.75) is 38.4 Å². The second-order valence-electron chi connectivity index (χ2n) is 5.16. The number of hydrogen-bond donors (Lipinski definition) is 1. The van der Waals surface area contributed by atoms with E-state index in [1.807, 2.05) is 19.2 Å². The average molecular weight is 266 g/mol. The fraction of sp³-hybridized carbons (Fsp3) is 0.643. The molecule has 0 aliphatic carbocycles. The number of rotatable bonds is 4. The largest absolute Gasteiger partial charge is 0.468 e. The van der Waals surface area contributed by atoms with Gasteiger partial charge in [-0.1, -0.05) is 0 Å². The Labute approximate surface area is 113 Å². The summed E-state index contributed by atoms with van der Waals surface area (Å²) < 4.78 is 5.36. The Bertz CT molecular complexity index is 405. The van der Waals surface area contributed by atoms with E-state index in [1.165, 1.54) is 0 Å². The van der Waals surface area contributed by atoms with Crippen molar-refractivity contribution in [2.75, 3.05) is 20.2 Å². The molecule has 1 N–H and O–H groups in total. The molecule has 0 radical (unpaired) electrons. The van der Waals surface area contributed by atoms with Crippen molar-refractivity contribution in [2.24, 2.45) is 0 Å². The molecule has 1 amide bonds. The number of aliphatic hydroxyl groups excluding tert-OH is 1. The highest BCUT2D eigenvalue weighted by Crippen LogP contribution is 2.20. The van der Waals surface area contributed by atoms with Gasteiger partial charge in [0.1, 0.15) is 5.76 Å². The molecule has 5 heteroatoms. The maximum Gasteiger partial charge on any atom is 0.240 e. The summed E-state index contributed by atoms with van der Waals surface area (Å²) in [5, 5.41) is 9.20. The highest BCUT2D eigenvalue weighted by atomic mass is 16.3. The molecule has 1 aromatic rings. The first-order chi connectivity index (χ1) is 9.13. The second kappa shape index (κ2) is 6.21. The molecule has 0 saturated carbocycles. The normalized spacial score (nSPS) is 25.6. The molecule has 1 fully saturated rings. The summed E-state index contributed by atoms with van der Waals surface area (Å²) >= 11 is 0. The highest BCUT2D eigenvalue weighted by Gasteiger charge is 2.33. The minimum atomic E-state index is -0.259. The van der Waals surface area contributed by atoms with Crippen LogP contribution in [-0.2, 0) is 11.3 Å². The maximum atomic E-state index is 12.4. The van der Waals surface area contributed by atoms with Gasteiger partial charge in [0.2, 0.25) is 5.91 Å². The molecule has 5 nitrogen and oxygen atoms in total. The van der Waals surface area contributed by atoms with Gasteiger partial charge in [0, 0.05) is 26.2 Å². The van der Waals surface area contributed by atoms with E-state index in [0.29, 0.717) is 13.0 Å². The summed E-state index contributed by atoms with van der Waals surface area (Å²) in [5.41, 5.74) is 0. The van der Waals surface area contributed by atoms with Gasteiger partial charge in [0.05, 0.1) is 18.8 Å². The van der Waals surface area contributed by atoms with E-state index in [1.54, 1.807) is 11.2 Å². The van der Waals surface area contributed by atoms with Crippen molar-refractivity contribution in [1.82, 2.24) is 9.80 Å². The van der Waals surface area contributed by atoms with Crippen LogP contribution in [0.3, 0.4) is 0 Å². The van der Waals surface area contributed by atoms with Crippen LogP contribution in [0.15, 0.2) is 22.8 Å². The monoisotopic (exact) mass is 266 g/mol. The van der Waals surface area contributed by atoms with E-state index < -0.39 is 0 Å². The fourth-order valence-corrected chi connectivity index (χ4v) is 2.53. The van der Waals surface area contributed by atoms with Gasteiger partial charge >= 0.3 is 0 Å². The van der Waals surface area contributed by atoms with Crippen LogP contribution in [0.2, 0.25) is 0 Å². The summed E-state index contributed by atoms with van der Waals surface area (Å²) in [5.74, 6) is 0.943. The lowest BCUT2D eigenvalue weighted by molar-refractivity contribution is -0.136. The van der Waals surface area contributed by atoms with Crippen molar-refractivity contribution in [1.29, 1.82) is 0 Å². The summed E-state index contributed by atoms with van der Waals surface area (Å²) in [4.78, 5) is 16.3. The zero-order valence-corrected chi connectivity index (χ0v) is 11.6. The van der Waals surface area contributed by atoms with E-state index in [9.17, 15) is 9.90 Å². The van der Waals surface area contributed by atoms with E-state index in [2.05, 4.69) is 11.8 Å². The zero-order valence-electron chi connectivity index (χ0n) is 11.6. The van der Waals surface area contributed by atoms with Crippen LogP contribution < -0.4 is 0 Å². The van der Waals surface area contributed by atoms with Gasteiger partial charge in [-0.15, -0.1) is 0 Å².